The van der Waals surface area contributed by atoms with Crippen molar-refractivity contribution in [2.75, 3.05) is 12.4 Å². The molecule has 0 fully saturated rings. The van der Waals surface area contributed by atoms with E-state index < -0.39 is 6.10 Å². The Morgan fingerprint density at radius 1 is 1.07 bits per heavy atom. The molecule has 0 radical (unpaired) electrons. The minimum atomic E-state index is -0.678. The third-order valence-electron chi connectivity index (χ3n) is 4.72. The normalized spacial score (nSPS) is 11.8. The Kier molecular flexibility index (Phi) is 5.34. The third-order valence-corrected chi connectivity index (χ3v) is 4.72. The molecule has 0 saturated heterocycles. The first-order valence-electron chi connectivity index (χ1n) is 9.57. The highest BCUT2D eigenvalue weighted by Gasteiger charge is 2.17. The average Bonchev–Trinajstić information content (AvgIpc) is 3.11. The van der Waals surface area contributed by atoms with Crippen molar-refractivity contribution in [1.29, 1.82) is 0 Å². The number of nitrogens with one attached hydrogen (secondary N) is 1. The van der Waals surface area contributed by atoms with E-state index in [-0.39, 0.29) is 5.91 Å². The fraction of sp³-hybridized carbons (Fsp3) is 0.174. The van der Waals surface area contributed by atoms with Gasteiger partial charge in [-0.05, 0) is 56.3 Å². The largest absolute Gasteiger partial charge is 0.497 e. The molecule has 7 nitrogen and oxygen atoms in total. The smallest absolute Gasteiger partial charge is 0.265 e. The molecule has 0 aliphatic heterocycles. The number of carbonyl (C=O) groups is 1. The number of benzene rings is 2. The zero-order valence-electron chi connectivity index (χ0n) is 17.0. The Balaban J connectivity index is 1.50. The van der Waals surface area contributed by atoms with Crippen LogP contribution < -0.4 is 14.8 Å². The van der Waals surface area contributed by atoms with Crippen molar-refractivity contribution in [3.63, 3.8) is 0 Å². The Bertz CT molecular complexity index is 1170. The molecular weight excluding hydrogens is 380 g/mol. The molecule has 0 bridgehead atoms. The van der Waals surface area contributed by atoms with Gasteiger partial charge in [-0.1, -0.05) is 18.2 Å². The van der Waals surface area contributed by atoms with E-state index in [1.54, 1.807) is 49.2 Å². The van der Waals surface area contributed by atoms with Crippen molar-refractivity contribution >= 4 is 22.6 Å². The maximum atomic E-state index is 12.6. The predicted octanol–water partition coefficient (Wildman–Crippen LogP) is 4.14. The first-order valence-corrected chi connectivity index (χ1v) is 9.57. The lowest BCUT2D eigenvalue weighted by Crippen LogP contribution is -2.30. The number of carbonyl (C=O) groups excluding carboxylic acids is 1. The van der Waals surface area contributed by atoms with Crippen molar-refractivity contribution in [1.82, 2.24) is 14.8 Å². The van der Waals surface area contributed by atoms with E-state index in [0.717, 1.165) is 28.2 Å². The van der Waals surface area contributed by atoms with Crippen molar-refractivity contribution in [3.8, 4) is 17.2 Å². The van der Waals surface area contributed by atoms with Crippen molar-refractivity contribution < 1.29 is 14.3 Å². The molecule has 1 amide bonds. The van der Waals surface area contributed by atoms with Gasteiger partial charge in [-0.3, -0.25) is 4.79 Å². The van der Waals surface area contributed by atoms with E-state index in [2.05, 4.69) is 15.4 Å². The van der Waals surface area contributed by atoms with Gasteiger partial charge in [-0.25, -0.2) is 9.67 Å². The van der Waals surface area contributed by atoms with Gasteiger partial charge in [0, 0.05) is 5.39 Å². The molecule has 7 heteroatoms. The summed E-state index contributed by atoms with van der Waals surface area (Å²) < 4.78 is 12.6. The molecule has 1 atom stereocenters. The number of pyridine rings is 1. The minimum absolute atomic E-state index is 0.264. The van der Waals surface area contributed by atoms with Gasteiger partial charge in [0.1, 0.15) is 11.5 Å². The van der Waals surface area contributed by atoms with Crippen LogP contribution in [-0.4, -0.2) is 33.9 Å². The summed E-state index contributed by atoms with van der Waals surface area (Å²) in [5.41, 5.74) is 3.09. The van der Waals surface area contributed by atoms with Crippen LogP contribution in [0.4, 0.5) is 5.69 Å². The van der Waals surface area contributed by atoms with Crippen LogP contribution in [0.3, 0.4) is 0 Å². The fourth-order valence-corrected chi connectivity index (χ4v) is 3.12. The lowest BCUT2D eigenvalue weighted by Gasteiger charge is -2.15. The van der Waals surface area contributed by atoms with E-state index in [9.17, 15) is 4.79 Å². The van der Waals surface area contributed by atoms with E-state index in [1.807, 2.05) is 43.3 Å². The highest BCUT2D eigenvalue weighted by atomic mass is 16.5. The molecule has 0 aliphatic carbocycles. The maximum absolute atomic E-state index is 12.6. The molecule has 0 saturated carbocycles. The summed E-state index contributed by atoms with van der Waals surface area (Å²) in [6.07, 6.45) is 0.947. The molecule has 1 unspecified atom stereocenters. The number of ether oxygens (including phenoxy) is 2. The number of hydrogen-bond acceptors (Lipinski definition) is 5. The Morgan fingerprint density at radius 3 is 2.47 bits per heavy atom. The van der Waals surface area contributed by atoms with Crippen LogP contribution in [0.2, 0.25) is 0 Å². The minimum Gasteiger partial charge on any atom is -0.497 e. The van der Waals surface area contributed by atoms with Gasteiger partial charge in [0.2, 0.25) is 0 Å². The molecule has 0 aliphatic rings. The summed E-state index contributed by atoms with van der Waals surface area (Å²) in [6.45, 7) is 3.62. The SMILES string of the molecule is COc1ccc(OC(C)C(=O)Nc2cnc3c(c2)c(C)nn3-c2ccccc2)cc1. The number of amides is 1. The summed E-state index contributed by atoms with van der Waals surface area (Å²) in [4.78, 5) is 17.1. The molecule has 152 valence electrons. The van der Waals surface area contributed by atoms with Gasteiger partial charge >= 0.3 is 0 Å². The Hall–Kier alpha value is -3.87. The van der Waals surface area contributed by atoms with E-state index in [4.69, 9.17) is 9.47 Å². The molecule has 1 N–H and O–H groups in total. The number of anilines is 1. The average molecular weight is 402 g/mol. The van der Waals surface area contributed by atoms with Crippen LogP contribution in [0.25, 0.3) is 16.7 Å². The molecule has 4 rings (SSSR count). The van der Waals surface area contributed by atoms with Crippen LogP contribution >= 0.6 is 0 Å². The molecule has 2 aromatic heterocycles. The topological polar surface area (TPSA) is 78.3 Å². The van der Waals surface area contributed by atoms with Gasteiger partial charge in [0.15, 0.2) is 11.8 Å². The molecule has 4 aromatic rings. The van der Waals surface area contributed by atoms with Crippen molar-refractivity contribution in [2.24, 2.45) is 0 Å². The molecule has 2 aromatic carbocycles. The highest BCUT2D eigenvalue weighted by molar-refractivity contribution is 5.96. The van der Waals surface area contributed by atoms with Gasteiger partial charge in [-0.2, -0.15) is 5.10 Å². The van der Waals surface area contributed by atoms with Gasteiger partial charge in [0.25, 0.3) is 5.91 Å². The molecule has 2 heterocycles. The Morgan fingerprint density at radius 2 is 1.77 bits per heavy atom. The van der Waals surface area contributed by atoms with Crippen molar-refractivity contribution in [2.45, 2.75) is 20.0 Å². The Labute approximate surface area is 174 Å². The second-order valence-corrected chi connectivity index (χ2v) is 6.85. The summed E-state index contributed by atoms with van der Waals surface area (Å²) in [5, 5.41) is 8.33. The van der Waals surface area contributed by atoms with E-state index in [0.29, 0.717) is 11.4 Å². The number of methoxy groups -OCH3 is 1. The van der Waals surface area contributed by atoms with Crippen LogP contribution in [-0.2, 0) is 4.79 Å². The third kappa shape index (κ3) is 3.96. The summed E-state index contributed by atoms with van der Waals surface area (Å²) in [7, 11) is 1.60. The fourth-order valence-electron chi connectivity index (χ4n) is 3.12. The monoisotopic (exact) mass is 402 g/mol. The lowest BCUT2D eigenvalue weighted by molar-refractivity contribution is -0.122. The van der Waals surface area contributed by atoms with Gasteiger partial charge in [0.05, 0.1) is 30.4 Å². The summed E-state index contributed by atoms with van der Waals surface area (Å²) >= 11 is 0. The second-order valence-electron chi connectivity index (χ2n) is 6.85. The number of fused-ring (bicyclic) bond motifs is 1. The number of aromatic nitrogens is 3. The number of rotatable bonds is 6. The molecular formula is C23H22N4O3. The van der Waals surface area contributed by atoms with Crippen molar-refractivity contribution in [3.05, 3.63) is 72.6 Å². The zero-order valence-corrected chi connectivity index (χ0v) is 17.0. The van der Waals surface area contributed by atoms with Gasteiger partial charge in [-0.15, -0.1) is 0 Å². The number of hydrogen-bond donors (Lipinski definition) is 1. The zero-order chi connectivity index (χ0) is 21.1. The maximum Gasteiger partial charge on any atom is 0.265 e. The van der Waals surface area contributed by atoms with E-state index in [1.165, 1.54) is 0 Å². The van der Waals surface area contributed by atoms with Gasteiger partial charge < -0.3 is 14.8 Å². The number of aryl methyl sites for hydroxylation is 1. The summed E-state index contributed by atoms with van der Waals surface area (Å²) in [5.74, 6) is 1.05. The number of nitrogens with zero attached hydrogens (tertiary/aromatic N) is 3. The standard InChI is InChI=1S/C23H22N4O3/c1-15-21-13-17(14-24-22(21)27(26-15)18-7-5-4-6-8-18)25-23(28)16(2)30-20-11-9-19(29-3)10-12-20/h4-14,16H,1-3H3,(H,25,28). The second kappa shape index (κ2) is 8.24. The lowest BCUT2D eigenvalue weighted by atomic mass is 10.2. The predicted molar refractivity (Wildman–Crippen MR) is 115 cm³/mol. The molecule has 0 spiro atoms. The molecule has 30 heavy (non-hydrogen) atoms. The van der Waals surface area contributed by atoms with Crippen LogP contribution in [0, 0.1) is 6.92 Å². The van der Waals surface area contributed by atoms with Crippen LogP contribution in [0.5, 0.6) is 11.5 Å². The quantitative estimate of drug-likeness (QED) is 0.524. The highest BCUT2D eigenvalue weighted by Crippen LogP contribution is 2.23. The van der Waals surface area contributed by atoms with Crippen LogP contribution in [0.1, 0.15) is 12.6 Å². The number of para-hydroxylation sites is 1. The first kappa shape index (κ1) is 19.4. The first-order chi connectivity index (χ1) is 14.5. The summed E-state index contributed by atoms with van der Waals surface area (Å²) in [6, 6.07) is 18.8. The van der Waals surface area contributed by atoms with Crippen LogP contribution in [0.15, 0.2) is 66.9 Å². The van der Waals surface area contributed by atoms with E-state index >= 15 is 0 Å².